The standard InChI is InChI=1S/C14H19N3O4/c1-8(2)12(13(19)20)17-14(21)16-11-6-4-5-10(7-11)15-9(3)18/h4-8,12H,1-3H3,(H,15,18)(H,19,20)(H2,16,17,21). The zero-order valence-corrected chi connectivity index (χ0v) is 12.1. The first-order chi connectivity index (χ1) is 9.79. The number of carboxylic acids is 1. The third-order valence-corrected chi connectivity index (χ3v) is 2.66. The van der Waals surface area contributed by atoms with E-state index in [0.717, 1.165) is 0 Å². The molecule has 0 saturated heterocycles. The molecule has 0 aliphatic rings. The molecule has 1 atom stereocenters. The zero-order chi connectivity index (χ0) is 16.0. The predicted octanol–water partition coefficient (Wildman–Crippen LogP) is 1.88. The molecule has 0 aliphatic heterocycles. The van der Waals surface area contributed by atoms with Crippen LogP contribution >= 0.6 is 0 Å². The lowest BCUT2D eigenvalue weighted by Gasteiger charge is -2.18. The average Bonchev–Trinajstić information content (AvgIpc) is 2.34. The minimum Gasteiger partial charge on any atom is -0.480 e. The van der Waals surface area contributed by atoms with E-state index in [1.54, 1.807) is 38.1 Å². The van der Waals surface area contributed by atoms with Gasteiger partial charge in [0, 0.05) is 18.3 Å². The second-order valence-corrected chi connectivity index (χ2v) is 4.92. The molecule has 0 aliphatic carbocycles. The number of carbonyl (C=O) groups excluding carboxylic acids is 2. The molecule has 7 nitrogen and oxygen atoms in total. The van der Waals surface area contributed by atoms with Crippen molar-refractivity contribution in [2.45, 2.75) is 26.8 Å². The Morgan fingerprint density at radius 1 is 1.10 bits per heavy atom. The Labute approximate surface area is 122 Å². The highest BCUT2D eigenvalue weighted by Crippen LogP contribution is 2.15. The molecule has 0 bridgehead atoms. The number of anilines is 2. The fraction of sp³-hybridized carbons (Fsp3) is 0.357. The lowest BCUT2D eigenvalue weighted by molar-refractivity contribution is -0.140. The maximum Gasteiger partial charge on any atom is 0.326 e. The number of aliphatic carboxylic acids is 1. The number of amides is 3. The van der Waals surface area contributed by atoms with Gasteiger partial charge >= 0.3 is 12.0 Å². The highest BCUT2D eigenvalue weighted by Gasteiger charge is 2.23. The van der Waals surface area contributed by atoms with Gasteiger partial charge in [-0.25, -0.2) is 9.59 Å². The molecule has 0 radical (unpaired) electrons. The molecular formula is C14H19N3O4. The Kier molecular flexibility index (Phi) is 5.71. The van der Waals surface area contributed by atoms with Crippen molar-refractivity contribution in [3.05, 3.63) is 24.3 Å². The Bertz CT molecular complexity index is 543. The van der Waals surface area contributed by atoms with Gasteiger partial charge in [-0.1, -0.05) is 19.9 Å². The summed E-state index contributed by atoms with van der Waals surface area (Å²) in [7, 11) is 0. The van der Waals surface area contributed by atoms with Crippen molar-refractivity contribution >= 4 is 29.3 Å². The third kappa shape index (κ3) is 5.52. The summed E-state index contributed by atoms with van der Waals surface area (Å²) in [4.78, 5) is 33.8. The summed E-state index contributed by atoms with van der Waals surface area (Å²) in [6.07, 6.45) is 0. The van der Waals surface area contributed by atoms with Gasteiger partial charge in [0.2, 0.25) is 5.91 Å². The first-order valence-electron chi connectivity index (χ1n) is 6.47. The summed E-state index contributed by atoms with van der Waals surface area (Å²) in [5, 5.41) is 16.5. The molecule has 0 heterocycles. The van der Waals surface area contributed by atoms with E-state index >= 15 is 0 Å². The molecule has 1 aromatic rings. The van der Waals surface area contributed by atoms with E-state index in [1.165, 1.54) is 6.92 Å². The molecule has 4 N–H and O–H groups in total. The van der Waals surface area contributed by atoms with Crippen LogP contribution in [0.3, 0.4) is 0 Å². The van der Waals surface area contributed by atoms with Crippen LogP contribution in [0.1, 0.15) is 20.8 Å². The maximum atomic E-state index is 11.8. The molecule has 0 aromatic heterocycles. The van der Waals surface area contributed by atoms with Gasteiger partial charge in [0.05, 0.1) is 0 Å². The van der Waals surface area contributed by atoms with Crippen molar-refractivity contribution in [1.29, 1.82) is 0 Å². The maximum absolute atomic E-state index is 11.8. The van der Waals surface area contributed by atoms with E-state index in [9.17, 15) is 14.4 Å². The topological polar surface area (TPSA) is 108 Å². The van der Waals surface area contributed by atoms with E-state index < -0.39 is 18.0 Å². The third-order valence-electron chi connectivity index (χ3n) is 2.66. The average molecular weight is 293 g/mol. The monoisotopic (exact) mass is 293 g/mol. The largest absolute Gasteiger partial charge is 0.480 e. The van der Waals surface area contributed by atoms with Crippen LogP contribution in [0.2, 0.25) is 0 Å². The normalized spacial score (nSPS) is 11.6. The van der Waals surface area contributed by atoms with Crippen molar-refractivity contribution in [3.8, 4) is 0 Å². The SMILES string of the molecule is CC(=O)Nc1cccc(NC(=O)NC(C(=O)O)C(C)C)c1. The van der Waals surface area contributed by atoms with Crippen molar-refractivity contribution in [2.75, 3.05) is 10.6 Å². The van der Waals surface area contributed by atoms with Crippen LogP contribution < -0.4 is 16.0 Å². The smallest absolute Gasteiger partial charge is 0.326 e. The van der Waals surface area contributed by atoms with Crippen LogP contribution in [0.4, 0.5) is 16.2 Å². The summed E-state index contributed by atoms with van der Waals surface area (Å²) in [5.41, 5.74) is 0.991. The molecule has 1 unspecified atom stereocenters. The number of rotatable bonds is 5. The van der Waals surface area contributed by atoms with Gasteiger partial charge in [-0.15, -0.1) is 0 Å². The molecular weight excluding hydrogens is 274 g/mol. The highest BCUT2D eigenvalue weighted by atomic mass is 16.4. The molecule has 1 rings (SSSR count). The molecule has 114 valence electrons. The number of hydrogen-bond donors (Lipinski definition) is 4. The molecule has 0 fully saturated rings. The number of urea groups is 1. The van der Waals surface area contributed by atoms with E-state index in [-0.39, 0.29) is 11.8 Å². The summed E-state index contributed by atoms with van der Waals surface area (Å²) >= 11 is 0. The molecule has 0 saturated carbocycles. The zero-order valence-electron chi connectivity index (χ0n) is 12.1. The highest BCUT2D eigenvalue weighted by molar-refractivity contribution is 5.94. The van der Waals surface area contributed by atoms with Gasteiger partial charge in [0.15, 0.2) is 0 Å². The number of carbonyl (C=O) groups is 3. The summed E-state index contributed by atoms with van der Waals surface area (Å²) < 4.78 is 0. The number of benzene rings is 1. The second-order valence-electron chi connectivity index (χ2n) is 4.92. The van der Waals surface area contributed by atoms with Crippen molar-refractivity contribution < 1.29 is 19.5 Å². The van der Waals surface area contributed by atoms with Crippen LogP contribution in [0.25, 0.3) is 0 Å². The van der Waals surface area contributed by atoms with Crippen LogP contribution in [0.5, 0.6) is 0 Å². The fourth-order valence-electron chi connectivity index (χ4n) is 1.70. The first-order valence-corrected chi connectivity index (χ1v) is 6.47. The number of nitrogens with one attached hydrogen (secondary N) is 3. The van der Waals surface area contributed by atoms with Crippen LogP contribution in [0.15, 0.2) is 24.3 Å². The predicted molar refractivity (Wildman–Crippen MR) is 79.2 cm³/mol. The van der Waals surface area contributed by atoms with Crippen molar-refractivity contribution in [1.82, 2.24) is 5.32 Å². The Hall–Kier alpha value is -2.57. The molecule has 1 aromatic carbocycles. The van der Waals surface area contributed by atoms with Crippen LogP contribution in [-0.2, 0) is 9.59 Å². The first kappa shape index (κ1) is 16.5. The van der Waals surface area contributed by atoms with Gasteiger partial charge in [-0.3, -0.25) is 4.79 Å². The van der Waals surface area contributed by atoms with E-state index in [1.807, 2.05) is 0 Å². The van der Waals surface area contributed by atoms with Crippen LogP contribution in [0, 0.1) is 5.92 Å². The van der Waals surface area contributed by atoms with Gasteiger partial charge in [-0.2, -0.15) is 0 Å². The summed E-state index contributed by atoms with van der Waals surface area (Å²) in [6.45, 7) is 4.79. The van der Waals surface area contributed by atoms with Gasteiger partial charge in [-0.05, 0) is 24.1 Å². The summed E-state index contributed by atoms with van der Waals surface area (Å²) in [5.74, 6) is -1.55. The van der Waals surface area contributed by atoms with Crippen LogP contribution in [-0.4, -0.2) is 29.1 Å². The number of carboxylic acid groups (broad SMARTS) is 1. The molecule has 3 amide bonds. The second kappa shape index (κ2) is 7.28. The van der Waals surface area contributed by atoms with Gasteiger partial charge < -0.3 is 21.1 Å². The van der Waals surface area contributed by atoms with Gasteiger partial charge in [0.1, 0.15) is 6.04 Å². The molecule has 21 heavy (non-hydrogen) atoms. The minimum atomic E-state index is -1.09. The quantitative estimate of drug-likeness (QED) is 0.664. The lowest BCUT2D eigenvalue weighted by atomic mass is 10.1. The molecule has 0 spiro atoms. The van der Waals surface area contributed by atoms with Crippen molar-refractivity contribution in [2.24, 2.45) is 5.92 Å². The van der Waals surface area contributed by atoms with E-state index in [2.05, 4.69) is 16.0 Å². The van der Waals surface area contributed by atoms with E-state index in [0.29, 0.717) is 11.4 Å². The van der Waals surface area contributed by atoms with E-state index in [4.69, 9.17) is 5.11 Å². The fourth-order valence-corrected chi connectivity index (χ4v) is 1.70. The minimum absolute atomic E-state index is 0.220. The molecule has 7 heteroatoms. The van der Waals surface area contributed by atoms with Gasteiger partial charge in [0.25, 0.3) is 0 Å². The Balaban J connectivity index is 2.70. The Morgan fingerprint density at radius 2 is 1.67 bits per heavy atom. The summed E-state index contributed by atoms with van der Waals surface area (Å²) in [6, 6.07) is 4.97. The Morgan fingerprint density at radius 3 is 2.14 bits per heavy atom. The number of hydrogen-bond acceptors (Lipinski definition) is 3. The van der Waals surface area contributed by atoms with Crippen molar-refractivity contribution in [3.63, 3.8) is 0 Å². The lowest BCUT2D eigenvalue weighted by Crippen LogP contribution is -2.46.